The van der Waals surface area contributed by atoms with Gasteiger partial charge in [0.15, 0.2) is 0 Å². The van der Waals surface area contributed by atoms with Crippen LogP contribution in [0.2, 0.25) is 5.02 Å². The molecule has 0 heterocycles. The second-order valence-electron chi connectivity index (χ2n) is 4.49. The van der Waals surface area contributed by atoms with E-state index in [4.69, 9.17) is 16.3 Å². The molecule has 0 aliphatic carbocycles. The molecule has 2 nitrogen and oxygen atoms in total. The Balaban J connectivity index is 2.09. The summed E-state index contributed by atoms with van der Waals surface area (Å²) in [5.41, 5.74) is 1.82. The molecule has 0 amide bonds. The maximum absolute atomic E-state index is 13.0. The van der Waals surface area contributed by atoms with Crippen LogP contribution in [0, 0.1) is 5.82 Å². The molecule has 0 aliphatic heterocycles. The first-order chi connectivity index (χ1) is 9.60. The molecule has 1 N–H and O–H groups in total. The Bertz CT molecular complexity index is 571. The highest BCUT2D eigenvalue weighted by molar-refractivity contribution is 6.33. The summed E-state index contributed by atoms with van der Waals surface area (Å²) >= 11 is 6.01. The van der Waals surface area contributed by atoms with Gasteiger partial charge in [-0.05, 0) is 49.7 Å². The number of rotatable bonds is 5. The molecule has 0 saturated heterocycles. The largest absolute Gasteiger partial charge is 0.494 e. The van der Waals surface area contributed by atoms with Gasteiger partial charge in [0.25, 0.3) is 0 Å². The van der Waals surface area contributed by atoms with Crippen LogP contribution in [-0.4, -0.2) is 6.61 Å². The highest BCUT2D eigenvalue weighted by Gasteiger charge is 2.08. The Morgan fingerprint density at radius 1 is 1.20 bits per heavy atom. The lowest BCUT2D eigenvalue weighted by Crippen LogP contribution is -2.07. The van der Waals surface area contributed by atoms with Crippen molar-refractivity contribution in [2.75, 3.05) is 11.9 Å². The molecular weight excluding hydrogens is 277 g/mol. The van der Waals surface area contributed by atoms with Gasteiger partial charge in [0, 0.05) is 6.04 Å². The van der Waals surface area contributed by atoms with Gasteiger partial charge in [-0.25, -0.2) is 4.39 Å². The third-order valence-electron chi connectivity index (χ3n) is 2.99. The van der Waals surface area contributed by atoms with Crippen molar-refractivity contribution in [3.63, 3.8) is 0 Å². The van der Waals surface area contributed by atoms with E-state index < -0.39 is 0 Å². The van der Waals surface area contributed by atoms with Gasteiger partial charge in [-0.2, -0.15) is 0 Å². The molecular formula is C16H17ClFNO. The molecule has 0 bridgehead atoms. The monoisotopic (exact) mass is 293 g/mol. The molecule has 0 radical (unpaired) electrons. The van der Waals surface area contributed by atoms with Crippen molar-refractivity contribution in [3.8, 4) is 5.75 Å². The molecule has 1 unspecified atom stereocenters. The first-order valence-corrected chi connectivity index (χ1v) is 6.92. The van der Waals surface area contributed by atoms with E-state index in [-0.39, 0.29) is 11.9 Å². The zero-order valence-electron chi connectivity index (χ0n) is 11.5. The molecule has 2 aromatic rings. The maximum atomic E-state index is 13.0. The van der Waals surface area contributed by atoms with E-state index in [9.17, 15) is 4.39 Å². The lowest BCUT2D eigenvalue weighted by molar-refractivity contribution is 0.340. The van der Waals surface area contributed by atoms with Crippen molar-refractivity contribution in [3.05, 3.63) is 58.9 Å². The van der Waals surface area contributed by atoms with Crippen molar-refractivity contribution < 1.29 is 9.13 Å². The number of ether oxygens (including phenoxy) is 1. The summed E-state index contributed by atoms with van der Waals surface area (Å²) in [6, 6.07) is 12.3. The average Bonchev–Trinajstić information content (AvgIpc) is 2.43. The summed E-state index contributed by atoms with van der Waals surface area (Å²) in [6.07, 6.45) is 0. The van der Waals surface area contributed by atoms with Crippen molar-refractivity contribution in [2.45, 2.75) is 19.9 Å². The summed E-state index contributed by atoms with van der Waals surface area (Å²) < 4.78 is 18.4. The van der Waals surface area contributed by atoms with Crippen LogP contribution in [0.25, 0.3) is 0 Å². The number of anilines is 1. The number of hydrogen-bond acceptors (Lipinski definition) is 2. The zero-order valence-corrected chi connectivity index (χ0v) is 12.2. The van der Waals surface area contributed by atoms with Gasteiger partial charge >= 0.3 is 0 Å². The number of nitrogens with one attached hydrogen (secondary N) is 1. The molecule has 0 aliphatic rings. The maximum Gasteiger partial charge on any atom is 0.124 e. The van der Waals surface area contributed by atoms with E-state index in [1.165, 1.54) is 12.1 Å². The molecule has 0 aromatic heterocycles. The smallest absolute Gasteiger partial charge is 0.124 e. The van der Waals surface area contributed by atoms with Gasteiger partial charge in [-0.1, -0.05) is 23.7 Å². The van der Waals surface area contributed by atoms with Gasteiger partial charge < -0.3 is 10.1 Å². The van der Waals surface area contributed by atoms with E-state index in [1.807, 2.05) is 38.1 Å². The number of halogens is 2. The van der Waals surface area contributed by atoms with E-state index in [0.717, 1.165) is 17.0 Å². The minimum atomic E-state index is -0.339. The quantitative estimate of drug-likeness (QED) is 0.833. The zero-order chi connectivity index (χ0) is 14.5. The van der Waals surface area contributed by atoms with Crippen molar-refractivity contribution in [2.24, 2.45) is 0 Å². The molecule has 0 spiro atoms. The molecule has 1 atom stereocenters. The molecule has 2 aromatic carbocycles. The normalized spacial score (nSPS) is 12.0. The summed E-state index contributed by atoms with van der Waals surface area (Å²) in [6.45, 7) is 4.63. The summed E-state index contributed by atoms with van der Waals surface area (Å²) in [5, 5.41) is 3.64. The Labute approximate surface area is 123 Å². The molecule has 106 valence electrons. The van der Waals surface area contributed by atoms with Crippen LogP contribution in [0.15, 0.2) is 42.5 Å². The Kier molecular flexibility index (Phi) is 4.85. The standard InChI is InChI=1S/C16H17ClFNO/c1-3-20-14-7-4-12(5-8-14)11(2)19-16-9-6-13(18)10-15(16)17/h4-11,19H,3H2,1-2H3. The fraction of sp³-hybridized carbons (Fsp3) is 0.250. The average molecular weight is 294 g/mol. The van der Waals surface area contributed by atoms with Crippen LogP contribution in [-0.2, 0) is 0 Å². The lowest BCUT2D eigenvalue weighted by atomic mass is 10.1. The van der Waals surface area contributed by atoms with Crippen molar-refractivity contribution in [1.29, 1.82) is 0 Å². The minimum absolute atomic E-state index is 0.0636. The van der Waals surface area contributed by atoms with E-state index in [1.54, 1.807) is 6.07 Å². The fourth-order valence-corrected chi connectivity index (χ4v) is 2.16. The van der Waals surface area contributed by atoms with Gasteiger partial charge in [-0.3, -0.25) is 0 Å². The van der Waals surface area contributed by atoms with Crippen LogP contribution in [0.1, 0.15) is 25.5 Å². The third-order valence-corrected chi connectivity index (χ3v) is 3.31. The number of hydrogen-bond donors (Lipinski definition) is 1. The SMILES string of the molecule is CCOc1ccc(C(C)Nc2ccc(F)cc2Cl)cc1. The van der Waals surface area contributed by atoms with Gasteiger partial charge in [0.2, 0.25) is 0 Å². The van der Waals surface area contributed by atoms with Gasteiger partial charge in [0.05, 0.1) is 17.3 Å². The Morgan fingerprint density at radius 2 is 1.90 bits per heavy atom. The third kappa shape index (κ3) is 3.64. The first kappa shape index (κ1) is 14.7. The molecule has 4 heteroatoms. The van der Waals surface area contributed by atoms with Crippen LogP contribution in [0.3, 0.4) is 0 Å². The Morgan fingerprint density at radius 3 is 2.50 bits per heavy atom. The summed E-state index contributed by atoms with van der Waals surface area (Å²) in [7, 11) is 0. The summed E-state index contributed by atoms with van der Waals surface area (Å²) in [5.74, 6) is 0.512. The topological polar surface area (TPSA) is 21.3 Å². The van der Waals surface area contributed by atoms with Crippen LogP contribution >= 0.6 is 11.6 Å². The predicted octanol–water partition coefficient (Wildman–Crippen LogP) is 5.05. The van der Waals surface area contributed by atoms with Gasteiger partial charge in [0.1, 0.15) is 11.6 Å². The van der Waals surface area contributed by atoms with Crippen LogP contribution in [0.5, 0.6) is 5.75 Å². The highest BCUT2D eigenvalue weighted by atomic mass is 35.5. The second kappa shape index (κ2) is 6.62. The van der Waals surface area contributed by atoms with Crippen LogP contribution in [0.4, 0.5) is 10.1 Å². The predicted molar refractivity (Wildman–Crippen MR) is 81.1 cm³/mol. The van der Waals surface area contributed by atoms with Crippen LogP contribution < -0.4 is 10.1 Å². The lowest BCUT2D eigenvalue weighted by Gasteiger charge is -2.17. The highest BCUT2D eigenvalue weighted by Crippen LogP contribution is 2.27. The van der Waals surface area contributed by atoms with E-state index in [2.05, 4.69) is 5.32 Å². The minimum Gasteiger partial charge on any atom is -0.494 e. The molecule has 0 saturated carbocycles. The molecule has 2 rings (SSSR count). The fourth-order valence-electron chi connectivity index (χ4n) is 1.94. The van der Waals surface area contributed by atoms with Crippen molar-refractivity contribution >= 4 is 17.3 Å². The van der Waals surface area contributed by atoms with E-state index in [0.29, 0.717) is 11.6 Å². The Hall–Kier alpha value is -1.74. The number of benzene rings is 2. The molecule has 0 fully saturated rings. The summed E-state index contributed by atoms with van der Waals surface area (Å²) in [4.78, 5) is 0. The molecule has 20 heavy (non-hydrogen) atoms. The second-order valence-corrected chi connectivity index (χ2v) is 4.90. The van der Waals surface area contributed by atoms with Crippen molar-refractivity contribution in [1.82, 2.24) is 0 Å². The van der Waals surface area contributed by atoms with E-state index >= 15 is 0 Å². The first-order valence-electron chi connectivity index (χ1n) is 6.54. The van der Waals surface area contributed by atoms with Gasteiger partial charge in [-0.15, -0.1) is 0 Å².